The summed E-state index contributed by atoms with van der Waals surface area (Å²) in [6.45, 7) is -0.0656. The zero-order valence-electron chi connectivity index (χ0n) is 25.6. The molecule has 0 fully saturated rings. The molecule has 0 amide bonds. The molecule has 0 spiro atoms. The molecule has 0 aliphatic rings. The van der Waals surface area contributed by atoms with E-state index in [4.69, 9.17) is 9.47 Å². The summed E-state index contributed by atoms with van der Waals surface area (Å²) in [6, 6.07) is 58.3. The Kier molecular flexibility index (Phi) is 9.82. The third kappa shape index (κ3) is 6.86. The first-order valence-corrected chi connectivity index (χ1v) is 15.6. The smallest absolute Gasteiger partial charge is 0.138 e. The standard InChI is InChI=1S/C42H38O4/c43-41(35-23-11-3-12-24-35,36-25-13-4-14-26-36)31-45-39(33-19-7-1-8-20-33)40(34-21-9-2-10-22-34)46-32-42(44,37-27-15-5-16-28-37)38-29-17-6-18-30-38/h1-30,39-40,43-44H,31-32H2/t39-,40-/m0/s1. The second-order valence-electron chi connectivity index (χ2n) is 11.5. The van der Waals surface area contributed by atoms with E-state index < -0.39 is 23.4 Å². The number of ether oxygens (including phenoxy) is 2. The molecule has 0 aromatic heterocycles. The van der Waals surface area contributed by atoms with Crippen molar-refractivity contribution in [1.29, 1.82) is 0 Å². The molecule has 6 aromatic rings. The van der Waals surface area contributed by atoms with Crippen molar-refractivity contribution in [1.82, 2.24) is 0 Å². The Balaban J connectivity index is 1.40. The zero-order chi connectivity index (χ0) is 31.7. The Labute approximate surface area is 271 Å². The highest BCUT2D eigenvalue weighted by atomic mass is 16.6. The van der Waals surface area contributed by atoms with E-state index in [1.54, 1.807) is 0 Å². The highest BCUT2D eigenvalue weighted by Crippen LogP contribution is 2.40. The molecule has 46 heavy (non-hydrogen) atoms. The average Bonchev–Trinajstić information content (AvgIpc) is 3.15. The van der Waals surface area contributed by atoms with Crippen molar-refractivity contribution >= 4 is 0 Å². The van der Waals surface area contributed by atoms with Gasteiger partial charge in [0, 0.05) is 0 Å². The van der Waals surface area contributed by atoms with Crippen molar-refractivity contribution in [3.05, 3.63) is 215 Å². The maximum absolute atomic E-state index is 12.4. The molecule has 0 aliphatic heterocycles. The van der Waals surface area contributed by atoms with Crippen molar-refractivity contribution < 1.29 is 19.7 Å². The highest BCUT2D eigenvalue weighted by Gasteiger charge is 2.38. The van der Waals surface area contributed by atoms with E-state index in [0.29, 0.717) is 0 Å². The van der Waals surface area contributed by atoms with Crippen molar-refractivity contribution in [3.63, 3.8) is 0 Å². The topological polar surface area (TPSA) is 58.9 Å². The van der Waals surface area contributed by atoms with Crippen molar-refractivity contribution in [3.8, 4) is 0 Å². The van der Waals surface area contributed by atoms with E-state index in [1.165, 1.54) is 0 Å². The lowest BCUT2D eigenvalue weighted by Crippen LogP contribution is -2.37. The first-order valence-electron chi connectivity index (χ1n) is 15.6. The van der Waals surface area contributed by atoms with E-state index in [1.807, 2.05) is 182 Å². The average molecular weight is 607 g/mol. The summed E-state index contributed by atoms with van der Waals surface area (Å²) in [5.74, 6) is 0. The Morgan fingerprint density at radius 2 is 0.565 bits per heavy atom. The molecule has 2 N–H and O–H groups in total. The highest BCUT2D eigenvalue weighted by molar-refractivity contribution is 5.38. The Morgan fingerprint density at radius 3 is 0.804 bits per heavy atom. The van der Waals surface area contributed by atoms with Gasteiger partial charge in [-0.25, -0.2) is 0 Å². The number of benzene rings is 6. The third-order valence-corrected chi connectivity index (χ3v) is 8.48. The van der Waals surface area contributed by atoms with Crippen LogP contribution < -0.4 is 0 Å². The molecular weight excluding hydrogens is 568 g/mol. The van der Waals surface area contributed by atoms with E-state index in [-0.39, 0.29) is 13.2 Å². The molecular formula is C42H38O4. The van der Waals surface area contributed by atoms with Gasteiger partial charge in [-0.1, -0.05) is 182 Å². The minimum absolute atomic E-state index is 0.0328. The summed E-state index contributed by atoms with van der Waals surface area (Å²) in [7, 11) is 0. The van der Waals surface area contributed by atoms with E-state index in [9.17, 15) is 10.2 Å². The quantitative estimate of drug-likeness (QED) is 0.139. The predicted octanol–water partition coefficient (Wildman–Crippen LogP) is 8.37. The summed E-state index contributed by atoms with van der Waals surface area (Å²) in [6.07, 6.45) is -1.25. The lowest BCUT2D eigenvalue weighted by atomic mass is 9.86. The summed E-state index contributed by atoms with van der Waals surface area (Å²) >= 11 is 0. The summed E-state index contributed by atoms with van der Waals surface area (Å²) in [4.78, 5) is 0. The van der Waals surface area contributed by atoms with Crippen LogP contribution in [0.25, 0.3) is 0 Å². The molecule has 6 aromatic carbocycles. The maximum Gasteiger partial charge on any atom is 0.138 e. The molecule has 4 nitrogen and oxygen atoms in total. The van der Waals surface area contributed by atoms with Crippen LogP contribution in [0, 0.1) is 0 Å². The number of rotatable bonds is 13. The van der Waals surface area contributed by atoms with Crippen LogP contribution in [0.5, 0.6) is 0 Å². The minimum atomic E-state index is -1.42. The molecule has 6 rings (SSSR count). The third-order valence-electron chi connectivity index (χ3n) is 8.48. The first-order chi connectivity index (χ1) is 22.6. The summed E-state index contributed by atoms with van der Waals surface area (Å²) in [5.41, 5.74) is 1.85. The number of aliphatic hydroxyl groups is 2. The Bertz CT molecular complexity index is 1530. The fourth-order valence-electron chi connectivity index (χ4n) is 5.95. The van der Waals surface area contributed by atoms with Gasteiger partial charge in [-0.15, -0.1) is 0 Å². The molecule has 0 heterocycles. The van der Waals surface area contributed by atoms with Gasteiger partial charge >= 0.3 is 0 Å². The minimum Gasteiger partial charge on any atom is -0.378 e. The van der Waals surface area contributed by atoms with Gasteiger partial charge in [0.25, 0.3) is 0 Å². The summed E-state index contributed by atoms with van der Waals surface area (Å²) < 4.78 is 13.7. The molecule has 0 radical (unpaired) electrons. The van der Waals surface area contributed by atoms with Crippen LogP contribution in [-0.4, -0.2) is 23.4 Å². The monoisotopic (exact) mass is 606 g/mol. The van der Waals surface area contributed by atoms with E-state index in [0.717, 1.165) is 33.4 Å². The van der Waals surface area contributed by atoms with Crippen molar-refractivity contribution in [2.75, 3.05) is 13.2 Å². The molecule has 0 unspecified atom stereocenters. The normalized spacial score (nSPS) is 13.2. The van der Waals surface area contributed by atoms with Gasteiger partial charge in [0.15, 0.2) is 0 Å². The van der Waals surface area contributed by atoms with Gasteiger partial charge in [-0.2, -0.15) is 0 Å². The fourth-order valence-corrected chi connectivity index (χ4v) is 5.95. The van der Waals surface area contributed by atoms with Gasteiger partial charge in [-0.3, -0.25) is 0 Å². The van der Waals surface area contributed by atoms with E-state index >= 15 is 0 Å². The van der Waals surface area contributed by atoms with Gasteiger partial charge in [-0.05, 0) is 33.4 Å². The van der Waals surface area contributed by atoms with Crippen LogP contribution in [0.3, 0.4) is 0 Å². The Morgan fingerprint density at radius 1 is 0.348 bits per heavy atom. The molecule has 4 heteroatoms. The lowest BCUT2D eigenvalue weighted by molar-refractivity contribution is -0.137. The molecule has 0 bridgehead atoms. The molecule has 0 saturated heterocycles. The maximum atomic E-state index is 12.4. The number of hydrogen-bond donors (Lipinski definition) is 2. The van der Waals surface area contributed by atoms with Gasteiger partial charge in [0.1, 0.15) is 23.4 Å². The molecule has 230 valence electrons. The second kappa shape index (κ2) is 14.5. The largest absolute Gasteiger partial charge is 0.378 e. The molecule has 2 atom stereocenters. The zero-order valence-corrected chi connectivity index (χ0v) is 25.6. The van der Waals surface area contributed by atoms with Crippen LogP contribution in [-0.2, 0) is 20.7 Å². The second-order valence-corrected chi connectivity index (χ2v) is 11.5. The first kappa shape index (κ1) is 31.2. The van der Waals surface area contributed by atoms with Crippen molar-refractivity contribution in [2.24, 2.45) is 0 Å². The molecule has 0 aliphatic carbocycles. The lowest BCUT2D eigenvalue weighted by Gasteiger charge is -2.36. The van der Waals surface area contributed by atoms with Gasteiger partial charge in [0.05, 0.1) is 13.2 Å². The number of hydrogen-bond acceptors (Lipinski definition) is 4. The van der Waals surface area contributed by atoms with Crippen LogP contribution in [0.4, 0.5) is 0 Å². The SMILES string of the molecule is OC(CO[C@@H](c1ccccc1)[C@@H](OCC(O)(c1ccccc1)c1ccccc1)c1ccccc1)(c1ccccc1)c1ccccc1. The van der Waals surface area contributed by atoms with Gasteiger partial charge < -0.3 is 19.7 Å². The Hall–Kier alpha value is -4.84. The fraction of sp³-hybridized carbons (Fsp3) is 0.143. The van der Waals surface area contributed by atoms with E-state index in [2.05, 4.69) is 0 Å². The van der Waals surface area contributed by atoms with Crippen LogP contribution in [0.2, 0.25) is 0 Å². The molecule has 0 saturated carbocycles. The van der Waals surface area contributed by atoms with Crippen LogP contribution in [0.1, 0.15) is 45.6 Å². The predicted molar refractivity (Wildman–Crippen MR) is 182 cm³/mol. The van der Waals surface area contributed by atoms with Crippen LogP contribution >= 0.6 is 0 Å². The van der Waals surface area contributed by atoms with Crippen LogP contribution in [0.15, 0.2) is 182 Å². The summed E-state index contributed by atoms with van der Waals surface area (Å²) in [5, 5.41) is 24.7. The van der Waals surface area contributed by atoms with Crippen molar-refractivity contribution in [2.45, 2.75) is 23.4 Å². The van der Waals surface area contributed by atoms with Gasteiger partial charge in [0.2, 0.25) is 0 Å².